The zero-order valence-electron chi connectivity index (χ0n) is 17.2. The minimum Gasteiger partial charge on any atom is -0.497 e. The normalized spacial score (nSPS) is 10.9. The molecule has 1 N–H and O–H groups in total. The summed E-state index contributed by atoms with van der Waals surface area (Å²) in [6, 6.07) is 12.9. The highest BCUT2D eigenvalue weighted by Gasteiger charge is 2.18. The summed E-state index contributed by atoms with van der Waals surface area (Å²) >= 11 is 0. The van der Waals surface area contributed by atoms with Gasteiger partial charge in [-0.2, -0.15) is 4.52 Å². The molecule has 0 saturated carbocycles. The zero-order valence-corrected chi connectivity index (χ0v) is 17.2. The number of rotatable bonds is 5. The monoisotopic (exact) mass is 427 g/mol. The molecule has 5 rings (SSSR count). The number of hydrogen-bond donors (Lipinski definition) is 1. The first kappa shape index (κ1) is 19.4. The van der Waals surface area contributed by atoms with Crippen molar-refractivity contribution >= 4 is 28.2 Å². The molecule has 3 aromatic heterocycles. The van der Waals surface area contributed by atoms with E-state index in [1.54, 1.807) is 14.2 Å². The third-order valence-electron chi connectivity index (χ3n) is 4.86. The van der Waals surface area contributed by atoms with Gasteiger partial charge >= 0.3 is 0 Å². The fraction of sp³-hybridized carbons (Fsp3) is 0.0909. The highest BCUT2D eigenvalue weighted by Crippen LogP contribution is 2.31. The fourth-order valence-corrected chi connectivity index (χ4v) is 3.32. The SMILES string of the molecule is COc1ccc(-c2nc3c4c(OC)cccc4nc(Nc4cnccnc4=O)n3n2)cc1. The number of benzene rings is 2. The average molecular weight is 427 g/mol. The average Bonchev–Trinajstić information content (AvgIpc) is 3.18. The molecule has 10 nitrogen and oxygen atoms in total. The highest BCUT2D eigenvalue weighted by molar-refractivity contribution is 5.98. The second-order valence-electron chi connectivity index (χ2n) is 6.74. The zero-order chi connectivity index (χ0) is 22.1. The molecule has 10 heteroatoms. The summed E-state index contributed by atoms with van der Waals surface area (Å²) in [6.07, 6.45) is 4.15. The maximum Gasteiger partial charge on any atom is 0.295 e. The first-order chi connectivity index (χ1) is 15.7. The molecule has 0 atom stereocenters. The Bertz CT molecular complexity index is 1500. The lowest BCUT2D eigenvalue weighted by Crippen LogP contribution is -2.12. The fourth-order valence-electron chi connectivity index (χ4n) is 3.32. The molecule has 0 fully saturated rings. The summed E-state index contributed by atoms with van der Waals surface area (Å²) in [5.41, 5.74) is 1.63. The Morgan fingerprint density at radius 3 is 2.59 bits per heavy atom. The summed E-state index contributed by atoms with van der Waals surface area (Å²) in [6.45, 7) is 0. The molecule has 0 amide bonds. The number of hydrogen-bond acceptors (Lipinski definition) is 9. The third-order valence-corrected chi connectivity index (χ3v) is 4.86. The lowest BCUT2D eigenvalue weighted by Gasteiger charge is -2.09. The van der Waals surface area contributed by atoms with E-state index in [9.17, 15) is 4.79 Å². The van der Waals surface area contributed by atoms with Crippen LogP contribution in [0.3, 0.4) is 0 Å². The maximum atomic E-state index is 12.3. The van der Waals surface area contributed by atoms with Gasteiger partial charge in [-0.05, 0) is 36.4 Å². The standard InChI is InChI=1S/C22H17N7O3/c1-31-14-8-6-13(7-9-14)19-27-20-18-15(4-3-5-17(18)32-2)25-22(29(20)28-19)26-16-12-23-10-11-24-21(16)30/h3-12H,1-2H3,(H,24,25,26,30). The summed E-state index contributed by atoms with van der Waals surface area (Å²) in [5, 5.41) is 8.34. The molecule has 0 aliphatic heterocycles. The lowest BCUT2D eigenvalue weighted by atomic mass is 10.2. The Kier molecular flexibility index (Phi) is 4.79. The van der Waals surface area contributed by atoms with Crippen molar-refractivity contribution in [2.75, 3.05) is 19.5 Å². The Morgan fingerprint density at radius 1 is 0.969 bits per heavy atom. The van der Waals surface area contributed by atoms with E-state index < -0.39 is 5.56 Å². The Hall–Kier alpha value is -4.60. The van der Waals surface area contributed by atoms with Crippen molar-refractivity contribution in [3.8, 4) is 22.9 Å². The van der Waals surface area contributed by atoms with Gasteiger partial charge in [0.2, 0.25) is 5.95 Å². The van der Waals surface area contributed by atoms with E-state index in [-0.39, 0.29) is 5.69 Å². The van der Waals surface area contributed by atoms with E-state index in [0.29, 0.717) is 34.1 Å². The molecule has 5 aromatic rings. The first-order valence-electron chi connectivity index (χ1n) is 9.63. The van der Waals surface area contributed by atoms with Gasteiger partial charge in [0, 0.05) is 18.0 Å². The van der Waals surface area contributed by atoms with Crippen LogP contribution in [0.1, 0.15) is 0 Å². The summed E-state index contributed by atoms with van der Waals surface area (Å²) < 4.78 is 12.3. The van der Waals surface area contributed by atoms with Crippen molar-refractivity contribution in [1.82, 2.24) is 29.5 Å². The second kappa shape index (κ2) is 7.91. The third kappa shape index (κ3) is 3.33. The van der Waals surface area contributed by atoms with E-state index in [0.717, 1.165) is 11.3 Å². The van der Waals surface area contributed by atoms with E-state index in [1.165, 1.54) is 23.1 Å². The van der Waals surface area contributed by atoms with Crippen LogP contribution in [0.4, 0.5) is 11.6 Å². The molecule has 2 aromatic carbocycles. The largest absolute Gasteiger partial charge is 0.497 e. The van der Waals surface area contributed by atoms with Crippen LogP contribution in [0, 0.1) is 0 Å². The lowest BCUT2D eigenvalue weighted by molar-refractivity contribution is 0.415. The molecular formula is C22H17N7O3. The van der Waals surface area contributed by atoms with Crippen molar-refractivity contribution in [3.05, 3.63) is 71.4 Å². The van der Waals surface area contributed by atoms with Crippen molar-refractivity contribution in [3.63, 3.8) is 0 Å². The van der Waals surface area contributed by atoms with Crippen LogP contribution in [0.5, 0.6) is 11.5 Å². The molecule has 0 saturated heterocycles. The quantitative estimate of drug-likeness (QED) is 0.452. The van der Waals surface area contributed by atoms with Crippen molar-refractivity contribution in [1.29, 1.82) is 0 Å². The molecule has 158 valence electrons. The van der Waals surface area contributed by atoms with Crippen LogP contribution in [-0.4, -0.2) is 43.8 Å². The molecule has 0 aliphatic carbocycles. The Labute approximate surface area is 181 Å². The molecule has 32 heavy (non-hydrogen) atoms. The second-order valence-corrected chi connectivity index (χ2v) is 6.74. The highest BCUT2D eigenvalue weighted by atomic mass is 16.5. The number of nitrogens with zero attached hydrogens (tertiary/aromatic N) is 6. The smallest absolute Gasteiger partial charge is 0.295 e. The van der Waals surface area contributed by atoms with Gasteiger partial charge in [0.1, 0.15) is 17.2 Å². The van der Waals surface area contributed by atoms with Gasteiger partial charge in [0.25, 0.3) is 5.56 Å². The number of aromatic nitrogens is 6. The van der Waals surface area contributed by atoms with Gasteiger partial charge < -0.3 is 14.8 Å². The Balaban J connectivity index is 1.76. The molecule has 0 spiro atoms. The number of nitrogens with one attached hydrogen (secondary N) is 1. The van der Waals surface area contributed by atoms with Gasteiger partial charge in [0.05, 0.1) is 31.3 Å². The van der Waals surface area contributed by atoms with E-state index in [4.69, 9.17) is 14.5 Å². The molecule has 0 aliphatic rings. The van der Waals surface area contributed by atoms with E-state index >= 15 is 0 Å². The van der Waals surface area contributed by atoms with Gasteiger partial charge in [0.15, 0.2) is 11.5 Å². The minimum absolute atomic E-state index is 0.160. The van der Waals surface area contributed by atoms with Gasteiger partial charge in [-0.1, -0.05) is 6.07 Å². The molecule has 0 unspecified atom stereocenters. The summed E-state index contributed by atoms with van der Waals surface area (Å²) in [5.74, 6) is 2.11. The molecule has 0 bridgehead atoms. The van der Waals surface area contributed by atoms with Crippen LogP contribution in [0.2, 0.25) is 0 Å². The summed E-state index contributed by atoms with van der Waals surface area (Å²) in [7, 11) is 3.20. The topological polar surface area (TPSA) is 116 Å². The number of anilines is 2. The van der Waals surface area contributed by atoms with Gasteiger partial charge in [-0.25, -0.2) is 15.0 Å². The molecular weight excluding hydrogens is 410 g/mol. The van der Waals surface area contributed by atoms with Gasteiger partial charge in [-0.3, -0.25) is 9.78 Å². The van der Waals surface area contributed by atoms with Crippen molar-refractivity contribution < 1.29 is 9.47 Å². The van der Waals surface area contributed by atoms with Crippen LogP contribution in [-0.2, 0) is 0 Å². The van der Waals surface area contributed by atoms with Crippen molar-refractivity contribution in [2.24, 2.45) is 0 Å². The van der Waals surface area contributed by atoms with Crippen LogP contribution < -0.4 is 20.3 Å². The number of ether oxygens (including phenoxy) is 2. The van der Waals surface area contributed by atoms with Crippen molar-refractivity contribution in [2.45, 2.75) is 0 Å². The number of methoxy groups -OCH3 is 2. The number of fused-ring (bicyclic) bond motifs is 3. The predicted octanol–water partition coefficient (Wildman–Crippen LogP) is 2.86. The first-order valence-corrected chi connectivity index (χ1v) is 9.63. The van der Waals surface area contributed by atoms with Gasteiger partial charge in [-0.15, -0.1) is 5.10 Å². The van der Waals surface area contributed by atoms with Crippen LogP contribution in [0.15, 0.2) is 65.8 Å². The minimum atomic E-state index is -0.473. The van der Waals surface area contributed by atoms with E-state index in [2.05, 4.69) is 25.4 Å². The Morgan fingerprint density at radius 2 is 1.81 bits per heavy atom. The predicted molar refractivity (Wildman–Crippen MR) is 118 cm³/mol. The van der Waals surface area contributed by atoms with Crippen LogP contribution in [0.25, 0.3) is 27.9 Å². The maximum absolute atomic E-state index is 12.3. The summed E-state index contributed by atoms with van der Waals surface area (Å²) in [4.78, 5) is 29.5. The van der Waals surface area contributed by atoms with E-state index in [1.807, 2.05) is 42.5 Å². The molecule has 3 heterocycles. The molecule has 0 radical (unpaired) electrons. The van der Waals surface area contributed by atoms with Crippen LogP contribution >= 0.6 is 0 Å².